The van der Waals surface area contributed by atoms with Crippen molar-refractivity contribution in [1.82, 2.24) is 0 Å². The molecule has 0 aromatic rings. The van der Waals surface area contributed by atoms with E-state index < -0.39 is 0 Å². The minimum atomic E-state index is 0.935. The zero-order chi connectivity index (χ0) is 10.6. The smallest absolute Gasteiger partial charge is 0.0888 e. The van der Waals surface area contributed by atoms with Crippen molar-refractivity contribution in [2.75, 3.05) is 14.1 Å². The van der Waals surface area contributed by atoms with Gasteiger partial charge in [0.25, 0.3) is 0 Å². The van der Waals surface area contributed by atoms with Gasteiger partial charge in [-0.1, -0.05) is 26.7 Å². The zero-order valence-corrected chi connectivity index (χ0v) is 10.6. The summed E-state index contributed by atoms with van der Waals surface area (Å²) in [7, 11) is 4.92. The molecule has 84 valence electrons. The first kappa shape index (κ1) is 12.0. The molecule has 1 aliphatic heterocycles. The molecule has 1 aliphatic rings. The van der Waals surface area contributed by atoms with E-state index in [1.165, 1.54) is 49.4 Å². The highest BCUT2D eigenvalue weighted by molar-refractivity contribution is 4.71. The van der Waals surface area contributed by atoms with Crippen LogP contribution in [0.1, 0.15) is 58.8 Å². The van der Waals surface area contributed by atoms with Crippen LogP contribution in [0.5, 0.6) is 0 Å². The fourth-order valence-corrected chi connectivity index (χ4v) is 3.17. The van der Waals surface area contributed by atoms with Gasteiger partial charge in [-0.05, 0) is 32.1 Å². The lowest BCUT2D eigenvalue weighted by atomic mass is 9.89. The summed E-state index contributed by atoms with van der Waals surface area (Å²) in [6.45, 7) is 4.65. The lowest BCUT2D eigenvalue weighted by Crippen LogP contribution is -2.58. The summed E-state index contributed by atoms with van der Waals surface area (Å²) >= 11 is 0. The van der Waals surface area contributed by atoms with Crippen LogP contribution in [-0.2, 0) is 0 Å². The van der Waals surface area contributed by atoms with Crippen LogP contribution in [0.25, 0.3) is 0 Å². The number of quaternary nitrogens is 1. The lowest BCUT2D eigenvalue weighted by Gasteiger charge is -2.48. The van der Waals surface area contributed by atoms with Crippen LogP contribution >= 0.6 is 0 Å². The topological polar surface area (TPSA) is 0 Å². The number of rotatable bonds is 4. The van der Waals surface area contributed by atoms with Crippen LogP contribution in [0.4, 0.5) is 0 Å². The predicted octanol–water partition coefficient (Wildman–Crippen LogP) is 3.58. The third kappa shape index (κ3) is 2.50. The largest absolute Gasteiger partial charge is 0.324 e. The summed E-state index contributed by atoms with van der Waals surface area (Å²) in [5.74, 6) is 0. The number of hydrogen-bond acceptors (Lipinski definition) is 0. The maximum absolute atomic E-state index is 2.46. The average molecular weight is 198 g/mol. The third-order valence-corrected chi connectivity index (χ3v) is 4.20. The Morgan fingerprint density at radius 1 is 0.929 bits per heavy atom. The van der Waals surface area contributed by atoms with E-state index in [2.05, 4.69) is 27.9 Å². The molecule has 0 amide bonds. The Bertz CT molecular complexity index is 143. The van der Waals surface area contributed by atoms with Gasteiger partial charge in [0.1, 0.15) is 0 Å². The number of nitrogens with zero attached hydrogens (tertiary/aromatic N) is 1. The second-order valence-corrected chi connectivity index (χ2v) is 5.44. The van der Waals surface area contributed by atoms with E-state index in [1.807, 2.05) is 0 Å². The highest BCUT2D eigenvalue weighted by atomic mass is 15.4. The van der Waals surface area contributed by atoms with Gasteiger partial charge in [-0.15, -0.1) is 0 Å². The molecule has 0 aliphatic carbocycles. The van der Waals surface area contributed by atoms with Crippen LogP contribution in [0.3, 0.4) is 0 Å². The van der Waals surface area contributed by atoms with Gasteiger partial charge >= 0.3 is 0 Å². The van der Waals surface area contributed by atoms with Crippen molar-refractivity contribution in [2.24, 2.45) is 0 Å². The average Bonchev–Trinajstić information content (AvgIpc) is 2.13. The molecule has 0 aromatic carbocycles. The third-order valence-electron chi connectivity index (χ3n) is 4.20. The standard InChI is InChI=1S/C13H28N/c1-5-8-12-10-7-11-13(9-6-2)14(12,3)4/h12-13H,5-11H2,1-4H3/q+1/t12-,13+. The maximum Gasteiger partial charge on any atom is 0.0888 e. The number of piperidine rings is 1. The molecule has 0 bridgehead atoms. The van der Waals surface area contributed by atoms with Gasteiger partial charge in [-0.25, -0.2) is 0 Å². The zero-order valence-electron chi connectivity index (χ0n) is 10.6. The van der Waals surface area contributed by atoms with Gasteiger partial charge in [-0.3, -0.25) is 0 Å². The van der Waals surface area contributed by atoms with Gasteiger partial charge in [0.15, 0.2) is 0 Å². The van der Waals surface area contributed by atoms with Crippen LogP contribution in [0, 0.1) is 0 Å². The lowest BCUT2D eigenvalue weighted by molar-refractivity contribution is -0.944. The molecule has 1 fully saturated rings. The summed E-state index contributed by atoms with van der Waals surface area (Å²) in [4.78, 5) is 0. The highest BCUT2D eigenvalue weighted by Crippen LogP contribution is 2.32. The van der Waals surface area contributed by atoms with Gasteiger partial charge in [0.2, 0.25) is 0 Å². The molecule has 0 spiro atoms. The van der Waals surface area contributed by atoms with Crippen LogP contribution in [0.15, 0.2) is 0 Å². The first-order valence-corrected chi connectivity index (χ1v) is 6.46. The summed E-state index contributed by atoms with van der Waals surface area (Å²) < 4.78 is 1.29. The summed E-state index contributed by atoms with van der Waals surface area (Å²) in [6.07, 6.45) is 9.94. The predicted molar refractivity (Wildman–Crippen MR) is 63.4 cm³/mol. The molecule has 0 saturated carbocycles. The van der Waals surface area contributed by atoms with Crippen molar-refractivity contribution in [2.45, 2.75) is 70.9 Å². The molecule has 0 N–H and O–H groups in total. The molecule has 0 aromatic heterocycles. The van der Waals surface area contributed by atoms with E-state index in [1.54, 1.807) is 0 Å². The Balaban J connectivity index is 2.60. The summed E-state index contributed by atoms with van der Waals surface area (Å²) in [5, 5.41) is 0. The Morgan fingerprint density at radius 2 is 1.36 bits per heavy atom. The Labute approximate surface area is 90.1 Å². The van der Waals surface area contributed by atoms with Crippen molar-refractivity contribution in [3.05, 3.63) is 0 Å². The van der Waals surface area contributed by atoms with Gasteiger partial charge in [0.05, 0.1) is 26.2 Å². The Hall–Kier alpha value is -0.0400. The minimum absolute atomic E-state index is 0.935. The van der Waals surface area contributed by atoms with Crippen LogP contribution in [-0.4, -0.2) is 30.7 Å². The maximum atomic E-state index is 2.46. The molecule has 2 atom stereocenters. The molecular formula is C13H28N+. The molecule has 1 saturated heterocycles. The van der Waals surface area contributed by atoms with Crippen molar-refractivity contribution >= 4 is 0 Å². The van der Waals surface area contributed by atoms with Crippen molar-refractivity contribution in [3.63, 3.8) is 0 Å². The van der Waals surface area contributed by atoms with Gasteiger partial charge < -0.3 is 4.48 Å². The first-order chi connectivity index (χ1) is 6.62. The fraction of sp³-hybridized carbons (Fsp3) is 1.00. The second-order valence-electron chi connectivity index (χ2n) is 5.44. The molecule has 1 nitrogen and oxygen atoms in total. The van der Waals surface area contributed by atoms with Crippen molar-refractivity contribution in [3.8, 4) is 0 Å². The Morgan fingerprint density at radius 3 is 1.71 bits per heavy atom. The molecular weight excluding hydrogens is 170 g/mol. The van der Waals surface area contributed by atoms with E-state index in [0.29, 0.717) is 0 Å². The molecule has 0 unspecified atom stereocenters. The summed E-state index contributed by atoms with van der Waals surface area (Å²) in [5.41, 5.74) is 0. The first-order valence-electron chi connectivity index (χ1n) is 6.46. The van der Waals surface area contributed by atoms with E-state index in [9.17, 15) is 0 Å². The molecule has 0 radical (unpaired) electrons. The minimum Gasteiger partial charge on any atom is -0.324 e. The summed E-state index contributed by atoms with van der Waals surface area (Å²) in [6, 6.07) is 1.87. The SMILES string of the molecule is CCC[C@@H]1CCC[C@H](CCC)[N+]1(C)C. The molecule has 14 heavy (non-hydrogen) atoms. The highest BCUT2D eigenvalue weighted by Gasteiger charge is 2.38. The van der Waals surface area contributed by atoms with E-state index in [4.69, 9.17) is 0 Å². The number of likely N-dealkylation sites (tertiary alicyclic amines) is 1. The fourth-order valence-electron chi connectivity index (χ4n) is 3.17. The molecule has 1 heterocycles. The molecule has 1 heteroatoms. The van der Waals surface area contributed by atoms with Crippen molar-refractivity contribution < 1.29 is 4.48 Å². The quantitative estimate of drug-likeness (QED) is 0.606. The van der Waals surface area contributed by atoms with E-state index in [-0.39, 0.29) is 0 Å². The van der Waals surface area contributed by atoms with Crippen molar-refractivity contribution in [1.29, 1.82) is 0 Å². The number of hydrogen-bond donors (Lipinski definition) is 0. The van der Waals surface area contributed by atoms with Gasteiger partial charge in [0, 0.05) is 0 Å². The van der Waals surface area contributed by atoms with Crippen LogP contribution in [0.2, 0.25) is 0 Å². The Kier molecular flexibility index (Phi) is 4.43. The van der Waals surface area contributed by atoms with Crippen LogP contribution < -0.4 is 0 Å². The molecule has 1 rings (SSSR count). The van der Waals surface area contributed by atoms with E-state index >= 15 is 0 Å². The monoisotopic (exact) mass is 198 g/mol. The second kappa shape index (κ2) is 5.16. The van der Waals surface area contributed by atoms with E-state index in [0.717, 1.165) is 12.1 Å². The normalized spacial score (nSPS) is 31.7. The van der Waals surface area contributed by atoms with Gasteiger partial charge in [-0.2, -0.15) is 0 Å².